The number of ether oxygens (including phenoxy) is 1. The maximum Gasteiger partial charge on any atom is 0.227 e. The van der Waals surface area contributed by atoms with E-state index in [1.807, 2.05) is 23.8 Å². The Hall–Kier alpha value is -1.73. The predicted octanol–water partition coefficient (Wildman–Crippen LogP) is 2.41. The maximum absolute atomic E-state index is 12.0. The highest BCUT2D eigenvalue weighted by Gasteiger charge is 2.23. The minimum atomic E-state index is -0.0155. The molecule has 0 unspecified atom stereocenters. The Kier molecular flexibility index (Phi) is 4.84. The van der Waals surface area contributed by atoms with E-state index in [-0.39, 0.29) is 18.1 Å². The maximum atomic E-state index is 12.0. The van der Waals surface area contributed by atoms with Crippen molar-refractivity contribution in [3.05, 3.63) is 22.7 Å². The molecule has 1 fully saturated rings. The molecule has 1 N–H and O–H groups in total. The number of carbonyl (C=O) groups is 1. The lowest BCUT2D eigenvalue weighted by atomic mass is 10.1. The van der Waals surface area contributed by atoms with Gasteiger partial charge >= 0.3 is 0 Å². The van der Waals surface area contributed by atoms with Crippen LogP contribution in [0.1, 0.15) is 32.1 Å². The summed E-state index contributed by atoms with van der Waals surface area (Å²) in [6.45, 7) is 2.77. The first-order chi connectivity index (χ1) is 10.7. The highest BCUT2D eigenvalue weighted by atomic mass is 32.1. The Morgan fingerprint density at radius 1 is 1.59 bits per heavy atom. The van der Waals surface area contributed by atoms with Crippen molar-refractivity contribution in [1.29, 1.82) is 0 Å². The van der Waals surface area contributed by atoms with E-state index >= 15 is 0 Å². The molecule has 0 spiro atoms. The zero-order valence-electron chi connectivity index (χ0n) is 12.4. The van der Waals surface area contributed by atoms with E-state index in [1.165, 1.54) is 0 Å². The van der Waals surface area contributed by atoms with Gasteiger partial charge in [-0.15, -0.1) is 0 Å². The van der Waals surface area contributed by atoms with E-state index in [0.29, 0.717) is 24.6 Å². The number of thiophene rings is 1. The van der Waals surface area contributed by atoms with Gasteiger partial charge < -0.3 is 14.6 Å². The Labute approximate surface area is 132 Å². The first-order valence-corrected chi connectivity index (χ1v) is 8.43. The third-order valence-electron chi connectivity index (χ3n) is 3.72. The molecule has 3 heterocycles. The summed E-state index contributed by atoms with van der Waals surface area (Å²) in [5.74, 6) is 1.05. The molecule has 2 aromatic heterocycles. The highest BCUT2D eigenvalue weighted by molar-refractivity contribution is 7.08. The third kappa shape index (κ3) is 3.72. The summed E-state index contributed by atoms with van der Waals surface area (Å²) in [4.78, 5) is 16.3. The molecule has 22 heavy (non-hydrogen) atoms. The second kappa shape index (κ2) is 7.02. The minimum Gasteiger partial charge on any atom is -0.376 e. The molecule has 3 rings (SSSR count). The summed E-state index contributed by atoms with van der Waals surface area (Å²) in [5.41, 5.74) is 0.941. The Bertz CT molecular complexity index is 605. The van der Waals surface area contributed by atoms with Crippen molar-refractivity contribution < 1.29 is 14.1 Å². The van der Waals surface area contributed by atoms with Crippen LogP contribution in [-0.2, 0) is 16.0 Å². The van der Waals surface area contributed by atoms with Crippen LogP contribution in [0.4, 0.5) is 0 Å². The summed E-state index contributed by atoms with van der Waals surface area (Å²) >= 11 is 1.58. The topological polar surface area (TPSA) is 77.3 Å². The Morgan fingerprint density at radius 3 is 3.23 bits per heavy atom. The fraction of sp³-hybridized carbons (Fsp3) is 0.533. The van der Waals surface area contributed by atoms with Crippen molar-refractivity contribution in [2.75, 3.05) is 6.61 Å². The van der Waals surface area contributed by atoms with Crippen molar-refractivity contribution in [2.24, 2.45) is 0 Å². The van der Waals surface area contributed by atoms with Crippen molar-refractivity contribution in [3.63, 3.8) is 0 Å². The van der Waals surface area contributed by atoms with Crippen LogP contribution >= 0.6 is 11.3 Å². The van der Waals surface area contributed by atoms with Crippen molar-refractivity contribution >= 4 is 17.2 Å². The SMILES string of the molecule is C[C@@H](NC(=O)CCc1nc(-c2ccsc2)no1)[C@@H]1CCCO1. The van der Waals surface area contributed by atoms with Crippen LogP contribution in [0, 0.1) is 0 Å². The minimum absolute atomic E-state index is 0.0155. The molecule has 2 atom stereocenters. The molecule has 1 aliphatic heterocycles. The highest BCUT2D eigenvalue weighted by Crippen LogP contribution is 2.19. The molecule has 0 bridgehead atoms. The molecule has 0 radical (unpaired) electrons. The van der Waals surface area contributed by atoms with Crippen molar-refractivity contribution in [1.82, 2.24) is 15.5 Å². The van der Waals surface area contributed by atoms with Crippen LogP contribution in [0.15, 0.2) is 21.3 Å². The van der Waals surface area contributed by atoms with Gasteiger partial charge in [0.2, 0.25) is 17.6 Å². The summed E-state index contributed by atoms with van der Waals surface area (Å²) in [7, 11) is 0. The summed E-state index contributed by atoms with van der Waals surface area (Å²) in [5, 5.41) is 10.8. The summed E-state index contributed by atoms with van der Waals surface area (Å²) < 4.78 is 10.8. The van der Waals surface area contributed by atoms with Crippen LogP contribution in [0.5, 0.6) is 0 Å². The van der Waals surface area contributed by atoms with Gasteiger partial charge in [0.15, 0.2) is 0 Å². The number of aromatic nitrogens is 2. The van der Waals surface area contributed by atoms with Gasteiger partial charge in [0, 0.05) is 30.4 Å². The number of amides is 1. The molecule has 0 aliphatic carbocycles. The lowest BCUT2D eigenvalue weighted by Gasteiger charge is -2.19. The molecule has 2 aromatic rings. The van der Waals surface area contributed by atoms with Crippen LogP contribution < -0.4 is 5.32 Å². The number of rotatable bonds is 6. The molecule has 1 saturated heterocycles. The second-order valence-electron chi connectivity index (χ2n) is 5.43. The molecule has 1 amide bonds. The zero-order chi connectivity index (χ0) is 15.4. The van der Waals surface area contributed by atoms with Crippen LogP contribution in [0.3, 0.4) is 0 Å². The fourth-order valence-electron chi connectivity index (χ4n) is 2.50. The first-order valence-electron chi connectivity index (χ1n) is 7.48. The van der Waals surface area contributed by atoms with Crippen molar-refractivity contribution in [3.8, 4) is 11.4 Å². The van der Waals surface area contributed by atoms with E-state index in [0.717, 1.165) is 25.0 Å². The van der Waals surface area contributed by atoms with Crippen LogP contribution in [0.25, 0.3) is 11.4 Å². The summed E-state index contributed by atoms with van der Waals surface area (Å²) in [6, 6.07) is 1.98. The van der Waals surface area contributed by atoms with E-state index in [1.54, 1.807) is 11.3 Å². The van der Waals surface area contributed by atoms with Gasteiger partial charge in [0.1, 0.15) is 0 Å². The van der Waals surface area contributed by atoms with E-state index in [2.05, 4.69) is 15.5 Å². The standard InChI is InChI=1S/C15H19N3O3S/c1-10(12-3-2-7-20-12)16-13(19)4-5-14-17-15(18-21-14)11-6-8-22-9-11/h6,8-10,12H,2-5,7H2,1H3,(H,16,19)/t10-,12+/m1/s1. The number of nitrogens with zero attached hydrogens (tertiary/aromatic N) is 2. The van der Waals surface area contributed by atoms with Gasteiger partial charge in [0.25, 0.3) is 0 Å². The smallest absolute Gasteiger partial charge is 0.227 e. The molecule has 7 heteroatoms. The lowest BCUT2D eigenvalue weighted by molar-refractivity contribution is -0.122. The lowest BCUT2D eigenvalue weighted by Crippen LogP contribution is -2.40. The number of carbonyl (C=O) groups excluding carboxylic acids is 1. The summed E-state index contributed by atoms with van der Waals surface area (Å²) in [6.07, 6.45) is 2.99. The van der Waals surface area contributed by atoms with E-state index < -0.39 is 0 Å². The predicted molar refractivity (Wildman–Crippen MR) is 82.5 cm³/mol. The second-order valence-corrected chi connectivity index (χ2v) is 6.21. The van der Waals surface area contributed by atoms with Gasteiger partial charge in [0.05, 0.1) is 12.1 Å². The number of aryl methyl sites for hydroxylation is 1. The van der Waals surface area contributed by atoms with Gasteiger partial charge in [-0.1, -0.05) is 5.16 Å². The van der Waals surface area contributed by atoms with Crippen molar-refractivity contribution in [2.45, 2.75) is 44.8 Å². The molecular weight excluding hydrogens is 302 g/mol. The average molecular weight is 321 g/mol. The molecule has 1 aliphatic rings. The van der Waals surface area contributed by atoms with E-state index in [9.17, 15) is 4.79 Å². The van der Waals surface area contributed by atoms with Gasteiger partial charge in [-0.2, -0.15) is 16.3 Å². The molecular formula is C15H19N3O3S. The number of hydrogen-bond donors (Lipinski definition) is 1. The Morgan fingerprint density at radius 2 is 2.50 bits per heavy atom. The zero-order valence-corrected chi connectivity index (χ0v) is 13.3. The quantitative estimate of drug-likeness (QED) is 0.884. The van der Waals surface area contributed by atoms with Crippen LogP contribution in [0.2, 0.25) is 0 Å². The molecule has 118 valence electrons. The van der Waals surface area contributed by atoms with Gasteiger partial charge in [-0.25, -0.2) is 0 Å². The number of nitrogens with one attached hydrogen (secondary N) is 1. The molecule has 0 aromatic carbocycles. The van der Waals surface area contributed by atoms with Gasteiger partial charge in [-0.05, 0) is 31.2 Å². The van der Waals surface area contributed by atoms with Crippen LogP contribution in [-0.4, -0.2) is 34.8 Å². The largest absolute Gasteiger partial charge is 0.376 e. The Balaban J connectivity index is 1.46. The molecule has 0 saturated carbocycles. The normalized spacial score (nSPS) is 19.2. The van der Waals surface area contributed by atoms with Gasteiger partial charge in [-0.3, -0.25) is 4.79 Å². The average Bonchev–Trinajstić information content (AvgIpc) is 3.25. The number of hydrogen-bond acceptors (Lipinski definition) is 6. The molecule has 6 nitrogen and oxygen atoms in total. The van der Waals surface area contributed by atoms with E-state index in [4.69, 9.17) is 9.26 Å². The fourth-order valence-corrected chi connectivity index (χ4v) is 3.14. The monoisotopic (exact) mass is 321 g/mol. The first kappa shape index (κ1) is 15.2. The third-order valence-corrected chi connectivity index (χ3v) is 4.41.